The molecular formula is C14H20N2O3S. The Morgan fingerprint density at radius 3 is 2.80 bits per heavy atom. The SMILES string of the molecule is CCCc1nc(C)c(C(=O)NC2C(=O)OCC2(C)C)s1. The fourth-order valence-corrected chi connectivity index (χ4v) is 3.25. The first-order valence-corrected chi connectivity index (χ1v) is 7.60. The zero-order chi connectivity index (χ0) is 14.9. The average molecular weight is 296 g/mol. The number of cyclic esters (lactones) is 1. The fraction of sp³-hybridized carbons (Fsp3) is 0.643. The molecule has 6 heteroatoms. The van der Waals surface area contributed by atoms with Gasteiger partial charge in [-0.15, -0.1) is 11.3 Å². The minimum atomic E-state index is -0.592. The van der Waals surface area contributed by atoms with E-state index in [1.807, 2.05) is 20.8 Å². The second-order valence-corrected chi connectivity index (χ2v) is 6.86. The van der Waals surface area contributed by atoms with E-state index < -0.39 is 6.04 Å². The molecule has 0 aliphatic carbocycles. The van der Waals surface area contributed by atoms with Crippen molar-refractivity contribution in [3.05, 3.63) is 15.6 Å². The molecule has 1 saturated heterocycles. The van der Waals surface area contributed by atoms with Crippen LogP contribution in [0, 0.1) is 12.3 Å². The van der Waals surface area contributed by atoms with Gasteiger partial charge in [-0.2, -0.15) is 0 Å². The Kier molecular flexibility index (Phi) is 4.13. The van der Waals surface area contributed by atoms with E-state index >= 15 is 0 Å². The molecule has 0 radical (unpaired) electrons. The molecule has 1 amide bonds. The van der Waals surface area contributed by atoms with Gasteiger partial charge >= 0.3 is 5.97 Å². The van der Waals surface area contributed by atoms with Gasteiger partial charge in [0, 0.05) is 5.41 Å². The van der Waals surface area contributed by atoms with Crippen LogP contribution in [0.15, 0.2) is 0 Å². The molecule has 20 heavy (non-hydrogen) atoms. The normalized spacial score (nSPS) is 20.8. The molecule has 110 valence electrons. The number of carbonyl (C=O) groups excluding carboxylic acids is 2. The van der Waals surface area contributed by atoms with Gasteiger partial charge in [0.25, 0.3) is 5.91 Å². The number of aryl methyl sites for hydroxylation is 2. The molecule has 5 nitrogen and oxygen atoms in total. The number of nitrogens with zero attached hydrogens (tertiary/aromatic N) is 1. The highest BCUT2D eigenvalue weighted by Gasteiger charge is 2.44. The summed E-state index contributed by atoms with van der Waals surface area (Å²) >= 11 is 1.40. The number of ether oxygens (including phenoxy) is 1. The van der Waals surface area contributed by atoms with Crippen LogP contribution in [0.3, 0.4) is 0 Å². The van der Waals surface area contributed by atoms with E-state index in [1.54, 1.807) is 0 Å². The maximum atomic E-state index is 12.3. The lowest BCUT2D eigenvalue weighted by molar-refractivity contribution is -0.139. The summed E-state index contributed by atoms with van der Waals surface area (Å²) in [4.78, 5) is 29.0. The van der Waals surface area contributed by atoms with Crippen molar-refractivity contribution in [3.8, 4) is 0 Å². The van der Waals surface area contributed by atoms with E-state index in [-0.39, 0.29) is 17.3 Å². The van der Waals surface area contributed by atoms with Crippen LogP contribution in [0.5, 0.6) is 0 Å². The predicted molar refractivity (Wildman–Crippen MR) is 76.8 cm³/mol. The quantitative estimate of drug-likeness (QED) is 0.864. The van der Waals surface area contributed by atoms with Crippen LogP contribution in [0.1, 0.15) is 47.6 Å². The van der Waals surface area contributed by atoms with Crippen molar-refractivity contribution >= 4 is 23.2 Å². The van der Waals surface area contributed by atoms with Crippen LogP contribution >= 0.6 is 11.3 Å². The van der Waals surface area contributed by atoms with E-state index in [0.717, 1.165) is 23.5 Å². The maximum absolute atomic E-state index is 12.3. The third kappa shape index (κ3) is 2.85. The highest BCUT2D eigenvalue weighted by molar-refractivity contribution is 7.13. The number of rotatable bonds is 4. The molecule has 0 bridgehead atoms. The van der Waals surface area contributed by atoms with Gasteiger partial charge in [0.1, 0.15) is 10.9 Å². The summed E-state index contributed by atoms with van der Waals surface area (Å²) in [6, 6.07) is -0.592. The Morgan fingerprint density at radius 1 is 1.55 bits per heavy atom. The Hall–Kier alpha value is -1.43. The van der Waals surface area contributed by atoms with Crippen LogP contribution < -0.4 is 5.32 Å². The van der Waals surface area contributed by atoms with Gasteiger partial charge in [0.15, 0.2) is 0 Å². The number of hydrogen-bond acceptors (Lipinski definition) is 5. The Morgan fingerprint density at radius 2 is 2.25 bits per heavy atom. The Balaban J connectivity index is 2.14. The first-order valence-electron chi connectivity index (χ1n) is 6.79. The summed E-state index contributed by atoms with van der Waals surface area (Å²) < 4.78 is 5.03. The van der Waals surface area contributed by atoms with Crippen molar-refractivity contribution in [2.24, 2.45) is 5.41 Å². The van der Waals surface area contributed by atoms with E-state index in [4.69, 9.17) is 4.74 Å². The van der Waals surface area contributed by atoms with Gasteiger partial charge in [-0.05, 0) is 19.8 Å². The molecule has 1 aromatic heterocycles. The van der Waals surface area contributed by atoms with Crippen LogP contribution in [-0.4, -0.2) is 29.5 Å². The second-order valence-electron chi connectivity index (χ2n) is 5.77. The molecule has 1 aliphatic rings. The van der Waals surface area contributed by atoms with Crippen LogP contribution in [0.2, 0.25) is 0 Å². The van der Waals surface area contributed by atoms with Gasteiger partial charge in [-0.3, -0.25) is 4.79 Å². The summed E-state index contributed by atoms with van der Waals surface area (Å²) in [7, 11) is 0. The lowest BCUT2D eigenvalue weighted by Crippen LogP contribution is -2.46. The molecule has 1 aliphatic heterocycles. The monoisotopic (exact) mass is 296 g/mol. The molecule has 0 spiro atoms. The first-order chi connectivity index (χ1) is 9.35. The molecule has 1 fully saturated rings. The summed E-state index contributed by atoms with van der Waals surface area (Å²) in [6.45, 7) is 8.05. The molecule has 2 rings (SSSR count). The van der Waals surface area contributed by atoms with Crippen molar-refractivity contribution in [3.63, 3.8) is 0 Å². The summed E-state index contributed by atoms with van der Waals surface area (Å²) in [5, 5.41) is 3.75. The maximum Gasteiger partial charge on any atom is 0.329 e. The number of carbonyl (C=O) groups is 2. The molecule has 1 aromatic rings. The smallest absolute Gasteiger partial charge is 0.329 e. The zero-order valence-electron chi connectivity index (χ0n) is 12.3. The number of esters is 1. The third-order valence-corrected chi connectivity index (χ3v) is 4.61. The molecule has 2 heterocycles. The van der Waals surface area contributed by atoms with Gasteiger partial charge in [0.05, 0.1) is 17.3 Å². The second kappa shape index (κ2) is 5.52. The van der Waals surface area contributed by atoms with E-state index in [1.165, 1.54) is 11.3 Å². The van der Waals surface area contributed by atoms with Gasteiger partial charge in [0.2, 0.25) is 0 Å². The van der Waals surface area contributed by atoms with Crippen LogP contribution in [0.25, 0.3) is 0 Å². The average Bonchev–Trinajstić information content (AvgIpc) is 2.84. The fourth-order valence-electron chi connectivity index (χ4n) is 2.18. The number of nitrogens with one attached hydrogen (secondary N) is 1. The van der Waals surface area contributed by atoms with E-state index in [9.17, 15) is 9.59 Å². The van der Waals surface area contributed by atoms with Crippen molar-refractivity contribution in [1.82, 2.24) is 10.3 Å². The van der Waals surface area contributed by atoms with Crippen molar-refractivity contribution in [1.29, 1.82) is 0 Å². The van der Waals surface area contributed by atoms with E-state index in [2.05, 4.69) is 17.2 Å². The lowest BCUT2D eigenvalue weighted by Gasteiger charge is -2.22. The minimum absolute atomic E-state index is 0.237. The number of hydrogen-bond donors (Lipinski definition) is 1. The molecule has 0 aromatic carbocycles. The highest BCUT2D eigenvalue weighted by Crippen LogP contribution is 2.29. The largest absolute Gasteiger partial charge is 0.463 e. The zero-order valence-corrected chi connectivity index (χ0v) is 13.1. The van der Waals surface area contributed by atoms with Crippen LogP contribution in [-0.2, 0) is 16.0 Å². The van der Waals surface area contributed by atoms with Crippen molar-refractivity contribution in [2.45, 2.75) is 46.6 Å². The number of aromatic nitrogens is 1. The summed E-state index contributed by atoms with van der Waals surface area (Å²) in [5.41, 5.74) is 0.345. The summed E-state index contributed by atoms with van der Waals surface area (Å²) in [6.07, 6.45) is 1.87. The topological polar surface area (TPSA) is 68.3 Å². The van der Waals surface area contributed by atoms with Gasteiger partial charge in [-0.25, -0.2) is 9.78 Å². The molecule has 1 unspecified atom stereocenters. The number of thiazole rings is 1. The van der Waals surface area contributed by atoms with E-state index in [0.29, 0.717) is 11.5 Å². The molecule has 0 saturated carbocycles. The lowest BCUT2D eigenvalue weighted by atomic mass is 9.87. The Labute approximate surface area is 122 Å². The minimum Gasteiger partial charge on any atom is -0.463 e. The predicted octanol–water partition coefficient (Wildman–Crippen LogP) is 2.09. The Bertz CT molecular complexity index is 537. The summed E-state index contributed by atoms with van der Waals surface area (Å²) in [5.74, 6) is -0.599. The van der Waals surface area contributed by atoms with Gasteiger partial charge in [-0.1, -0.05) is 20.8 Å². The van der Waals surface area contributed by atoms with Crippen molar-refractivity contribution < 1.29 is 14.3 Å². The molecular weight excluding hydrogens is 276 g/mol. The van der Waals surface area contributed by atoms with Crippen molar-refractivity contribution in [2.75, 3.05) is 6.61 Å². The highest BCUT2D eigenvalue weighted by atomic mass is 32.1. The van der Waals surface area contributed by atoms with Gasteiger partial charge < -0.3 is 10.1 Å². The third-order valence-electron chi connectivity index (χ3n) is 3.39. The molecule has 1 N–H and O–H groups in total. The first kappa shape index (κ1) is 15.0. The standard InChI is InChI=1S/C14H20N2O3S/c1-5-6-9-15-8(2)10(20-9)12(17)16-11-13(18)19-7-14(11,3)4/h11H,5-7H2,1-4H3,(H,16,17). The van der Waals surface area contributed by atoms with Crippen LogP contribution in [0.4, 0.5) is 0 Å². The number of amides is 1. The molecule has 1 atom stereocenters.